The molecule has 0 heterocycles. The van der Waals surface area contributed by atoms with E-state index in [-0.39, 0.29) is 17.9 Å². The van der Waals surface area contributed by atoms with Crippen molar-refractivity contribution in [3.8, 4) is 0 Å². The molecule has 0 amide bonds. The average molecular weight is 264 g/mol. The van der Waals surface area contributed by atoms with Crippen LogP contribution in [-0.4, -0.2) is 12.1 Å². The summed E-state index contributed by atoms with van der Waals surface area (Å²) in [4.78, 5) is 12.1. The third-order valence-electron chi connectivity index (χ3n) is 3.99. The van der Waals surface area contributed by atoms with Crippen LogP contribution in [0.3, 0.4) is 0 Å². The van der Waals surface area contributed by atoms with E-state index in [4.69, 9.17) is 4.74 Å². The van der Waals surface area contributed by atoms with Crippen molar-refractivity contribution < 1.29 is 13.9 Å². The van der Waals surface area contributed by atoms with E-state index in [9.17, 15) is 9.18 Å². The first-order chi connectivity index (χ1) is 9.10. The minimum atomic E-state index is -0.322. The Labute approximate surface area is 114 Å². The molecule has 0 N–H and O–H groups in total. The van der Waals surface area contributed by atoms with Crippen molar-refractivity contribution in [2.45, 2.75) is 52.1 Å². The zero-order valence-electron chi connectivity index (χ0n) is 11.6. The molecule has 1 aromatic carbocycles. The van der Waals surface area contributed by atoms with E-state index in [1.807, 2.05) is 0 Å². The Morgan fingerprint density at radius 1 is 1.42 bits per heavy atom. The van der Waals surface area contributed by atoms with Crippen LogP contribution in [0.15, 0.2) is 18.2 Å². The molecule has 0 saturated heterocycles. The van der Waals surface area contributed by atoms with Gasteiger partial charge in [-0.3, -0.25) is 0 Å². The second kappa shape index (κ2) is 6.18. The van der Waals surface area contributed by atoms with E-state index in [1.165, 1.54) is 24.6 Å². The second-order valence-corrected chi connectivity index (χ2v) is 5.43. The highest BCUT2D eigenvalue weighted by Crippen LogP contribution is 2.29. The number of aryl methyl sites for hydroxylation is 1. The zero-order valence-corrected chi connectivity index (χ0v) is 11.6. The summed E-state index contributed by atoms with van der Waals surface area (Å²) in [6.07, 6.45) is 5.43. The summed E-state index contributed by atoms with van der Waals surface area (Å²) in [6.45, 7) is 3.91. The standard InChI is InChI=1S/C16H21FO2/c1-3-12-5-4-6-14(10-12)19-16(18)15-8-7-13(17)9-11(15)2/h7-9,12,14H,3-6,10H2,1-2H3. The van der Waals surface area contributed by atoms with Crippen LogP contribution in [0.1, 0.15) is 54.9 Å². The van der Waals surface area contributed by atoms with Gasteiger partial charge in [0.25, 0.3) is 0 Å². The van der Waals surface area contributed by atoms with E-state index in [0.717, 1.165) is 25.7 Å². The van der Waals surface area contributed by atoms with Crippen molar-refractivity contribution in [2.24, 2.45) is 5.92 Å². The molecule has 104 valence electrons. The van der Waals surface area contributed by atoms with Gasteiger partial charge in [0.05, 0.1) is 5.56 Å². The maximum atomic E-state index is 13.0. The predicted octanol–water partition coefficient (Wildman–Crippen LogP) is 4.26. The molecule has 1 aliphatic carbocycles. The van der Waals surface area contributed by atoms with Crippen molar-refractivity contribution in [1.82, 2.24) is 0 Å². The van der Waals surface area contributed by atoms with E-state index < -0.39 is 0 Å². The molecule has 2 nitrogen and oxygen atoms in total. The highest BCUT2D eigenvalue weighted by atomic mass is 19.1. The van der Waals surface area contributed by atoms with Crippen LogP contribution in [0.2, 0.25) is 0 Å². The quantitative estimate of drug-likeness (QED) is 0.762. The lowest BCUT2D eigenvalue weighted by Gasteiger charge is -2.28. The normalized spacial score (nSPS) is 23.1. The zero-order chi connectivity index (χ0) is 13.8. The number of rotatable bonds is 3. The van der Waals surface area contributed by atoms with E-state index in [0.29, 0.717) is 17.0 Å². The first-order valence-corrected chi connectivity index (χ1v) is 7.07. The number of benzene rings is 1. The molecular formula is C16H21FO2. The highest BCUT2D eigenvalue weighted by Gasteiger charge is 2.24. The molecule has 2 rings (SSSR count). The van der Waals surface area contributed by atoms with Gasteiger partial charge < -0.3 is 4.74 Å². The van der Waals surface area contributed by atoms with Crippen molar-refractivity contribution in [2.75, 3.05) is 0 Å². The summed E-state index contributed by atoms with van der Waals surface area (Å²) < 4.78 is 18.6. The molecule has 0 aliphatic heterocycles. The number of carbonyl (C=O) groups is 1. The summed E-state index contributed by atoms with van der Waals surface area (Å²) in [5, 5.41) is 0. The molecule has 1 saturated carbocycles. The van der Waals surface area contributed by atoms with Crippen molar-refractivity contribution in [3.05, 3.63) is 35.1 Å². The predicted molar refractivity (Wildman–Crippen MR) is 72.6 cm³/mol. The minimum Gasteiger partial charge on any atom is -0.459 e. The van der Waals surface area contributed by atoms with Gasteiger partial charge in [0.1, 0.15) is 11.9 Å². The molecule has 1 aliphatic rings. The first kappa shape index (κ1) is 14.0. The molecule has 1 aromatic rings. The third kappa shape index (κ3) is 3.55. The second-order valence-electron chi connectivity index (χ2n) is 5.43. The summed E-state index contributed by atoms with van der Waals surface area (Å²) >= 11 is 0. The van der Waals surface area contributed by atoms with Gasteiger partial charge >= 0.3 is 5.97 Å². The lowest BCUT2D eigenvalue weighted by molar-refractivity contribution is 0.0139. The van der Waals surface area contributed by atoms with Gasteiger partial charge in [0.2, 0.25) is 0 Å². The van der Waals surface area contributed by atoms with Crippen LogP contribution in [0, 0.1) is 18.7 Å². The lowest BCUT2D eigenvalue weighted by atomic mass is 9.85. The Balaban J connectivity index is 2.00. The molecule has 0 spiro atoms. The van der Waals surface area contributed by atoms with E-state index in [1.54, 1.807) is 6.92 Å². The van der Waals surface area contributed by atoms with Gasteiger partial charge in [-0.1, -0.05) is 19.8 Å². The summed E-state index contributed by atoms with van der Waals surface area (Å²) in [5.41, 5.74) is 1.10. The highest BCUT2D eigenvalue weighted by molar-refractivity contribution is 5.91. The summed E-state index contributed by atoms with van der Waals surface area (Å²) in [6, 6.07) is 4.18. The largest absolute Gasteiger partial charge is 0.459 e. The van der Waals surface area contributed by atoms with Crippen LogP contribution in [0.4, 0.5) is 4.39 Å². The fraction of sp³-hybridized carbons (Fsp3) is 0.562. The third-order valence-corrected chi connectivity index (χ3v) is 3.99. The van der Waals surface area contributed by atoms with E-state index in [2.05, 4.69) is 6.92 Å². The molecule has 2 unspecified atom stereocenters. The molecule has 19 heavy (non-hydrogen) atoms. The van der Waals surface area contributed by atoms with Crippen molar-refractivity contribution >= 4 is 5.97 Å². The van der Waals surface area contributed by atoms with E-state index >= 15 is 0 Å². The van der Waals surface area contributed by atoms with Crippen molar-refractivity contribution in [1.29, 1.82) is 0 Å². The molecule has 1 fully saturated rings. The number of ether oxygens (including phenoxy) is 1. The van der Waals surface area contributed by atoms with Crippen LogP contribution in [0.5, 0.6) is 0 Å². The van der Waals surface area contributed by atoms with Crippen molar-refractivity contribution in [3.63, 3.8) is 0 Å². The number of carbonyl (C=O) groups excluding carboxylic acids is 1. The Morgan fingerprint density at radius 3 is 2.89 bits per heavy atom. The van der Waals surface area contributed by atoms with Gasteiger partial charge in [-0.05, 0) is 55.9 Å². The van der Waals surface area contributed by atoms with Gasteiger partial charge in [-0.2, -0.15) is 0 Å². The van der Waals surface area contributed by atoms with Gasteiger partial charge in [-0.25, -0.2) is 9.18 Å². The Bertz CT molecular complexity index is 456. The topological polar surface area (TPSA) is 26.3 Å². The number of esters is 1. The fourth-order valence-electron chi connectivity index (χ4n) is 2.79. The van der Waals surface area contributed by atoms with Crippen LogP contribution in [-0.2, 0) is 4.74 Å². The fourth-order valence-corrected chi connectivity index (χ4v) is 2.79. The molecule has 2 atom stereocenters. The molecular weight excluding hydrogens is 243 g/mol. The van der Waals surface area contributed by atoms with Gasteiger partial charge in [-0.15, -0.1) is 0 Å². The molecule has 0 aromatic heterocycles. The maximum absolute atomic E-state index is 13.0. The average Bonchev–Trinajstić information content (AvgIpc) is 2.38. The Hall–Kier alpha value is -1.38. The summed E-state index contributed by atoms with van der Waals surface area (Å²) in [5.74, 6) is 0.0258. The molecule has 0 radical (unpaired) electrons. The minimum absolute atomic E-state index is 0.0238. The molecule has 3 heteroatoms. The lowest BCUT2D eigenvalue weighted by Crippen LogP contribution is -2.25. The maximum Gasteiger partial charge on any atom is 0.338 e. The Morgan fingerprint density at radius 2 is 2.21 bits per heavy atom. The van der Waals surface area contributed by atoms with Gasteiger partial charge in [0.15, 0.2) is 0 Å². The Kier molecular flexibility index (Phi) is 4.56. The SMILES string of the molecule is CCC1CCCC(OC(=O)c2ccc(F)cc2C)C1. The monoisotopic (exact) mass is 264 g/mol. The molecule has 0 bridgehead atoms. The number of hydrogen-bond donors (Lipinski definition) is 0. The van der Waals surface area contributed by atoms with Gasteiger partial charge in [0, 0.05) is 0 Å². The van der Waals surface area contributed by atoms with Crippen LogP contribution >= 0.6 is 0 Å². The summed E-state index contributed by atoms with van der Waals surface area (Å²) in [7, 11) is 0. The smallest absolute Gasteiger partial charge is 0.338 e. The van der Waals surface area contributed by atoms with Crippen LogP contribution in [0.25, 0.3) is 0 Å². The first-order valence-electron chi connectivity index (χ1n) is 7.07. The number of halogens is 1. The van der Waals surface area contributed by atoms with Crippen LogP contribution < -0.4 is 0 Å². The number of hydrogen-bond acceptors (Lipinski definition) is 2.